The van der Waals surface area contributed by atoms with E-state index >= 15 is 0 Å². The lowest BCUT2D eigenvalue weighted by Gasteiger charge is -1.84. The van der Waals surface area contributed by atoms with E-state index in [0.29, 0.717) is 5.82 Å². The van der Waals surface area contributed by atoms with Crippen LogP contribution in [0.1, 0.15) is 5.69 Å². The summed E-state index contributed by atoms with van der Waals surface area (Å²) in [7, 11) is 1.83. The van der Waals surface area contributed by atoms with Crippen LogP contribution in [0.3, 0.4) is 0 Å². The minimum atomic E-state index is 0.679. The Balaban J connectivity index is 2.43. The van der Waals surface area contributed by atoms with Crippen LogP contribution in [-0.4, -0.2) is 25.0 Å². The molecule has 62 valence electrons. The molecule has 0 spiro atoms. The van der Waals surface area contributed by atoms with Crippen LogP contribution in [0.25, 0.3) is 11.5 Å². The summed E-state index contributed by atoms with van der Waals surface area (Å²) < 4.78 is 1.66. The molecule has 0 bridgehead atoms. The SMILES string of the molecule is Cc1cc(-c2ncn(C)n2)[nH]n1. The van der Waals surface area contributed by atoms with Gasteiger partial charge in [0, 0.05) is 7.05 Å². The van der Waals surface area contributed by atoms with E-state index in [-0.39, 0.29) is 0 Å². The van der Waals surface area contributed by atoms with Crippen LogP contribution in [0.5, 0.6) is 0 Å². The highest BCUT2D eigenvalue weighted by Gasteiger charge is 2.04. The predicted molar refractivity (Wildman–Crippen MR) is 43.3 cm³/mol. The van der Waals surface area contributed by atoms with E-state index < -0.39 is 0 Å². The fourth-order valence-electron chi connectivity index (χ4n) is 0.999. The first-order valence-corrected chi connectivity index (χ1v) is 3.64. The van der Waals surface area contributed by atoms with E-state index in [1.807, 2.05) is 20.0 Å². The second kappa shape index (κ2) is 2.44. The molecule has 0 radical (unpaired) electrons. The number of nitrogens with zero attached hydrogens (tertiary/aromatic N) is 4. The van der Waals surface area contributed by atoms with E-state index in [1.165, 1.54) is 0 Å². The van der Waals surface area contributed by atoms with Crippen LogP contribution in [0.2, 0.25) is 0 Å². The van der Waals surface area contributed by atoms with E-state index in [2.05, 4.69) is 20.3 Å². The molecule has 0 saturated carbocycles. The predicted octanol–water partition coefficient (Wildman–Crippen LogP) is 0.514. The van der Waals surface area contributed by atoms with Crippen LogP contribution in [0.15, 0.2) is 12.4 Å². The monoisotopic (exact) mass is 163 g/mol. The molecule has 0 atom stereocenters. The summed E-state index contributed by atoms with van der Waals surface area (Å²) in [5, 5.41) is 11.0. The Morgan fingerprint density at radius 2 is 2.33 bits per heavy atom. The third kappa shape index (κ3) is 1.09. The van der Waals surface area contributed by atoms with Crippen molar-refractivity contribution in [2.24, 2.45) is 7.05 Å². The molecule has 0 aliphatic rings. The third-order valence-corrected chi connectivity index (χ3v) is 1.55. The van der Waals surface area contributed by atoms with Gasteiger partial charge in [0.2, 0.25) is 0 Å². The fourth-order valence-corrected chi connectivity index (χ4v) is 0.999. The van der Waals surface area contributed by atoms with Gasteiger partial charge in [0.15, 0.2) is 5.82 Å². The number of nitrogens with one attached hydrogen (secondary N) is 1. The van der Waals surface area contributed by atoms with Crippen molar-refractivity contribution in [3.05, 3.63) is 18.1 Å². The lowest BCUT2D eigenvalue weighted by molar-refractivity contribution is 0.767. The van der Waals surface area contributed by atoms with Crippen LogP contribution in [-0.2, 0) is 7.05 Å². The first-order valence-electron chi connectivity index (χ1n) is 3.64. The first kappa shape index (κ1) is 7.02. The molecule has 5 nitrogen and oxygen atoms in total. The van der Waals surface area contributed by atoms with Gasteiger partial charge >= 0.3 is 0 Å². The number of aromatic amines is 1. The number of aromatic nitrogens is 5. The summed E-state index contributed by atoms with van der Waals surface area (Å²) in [5.41, 5.74) is 1.80. The molecule has 0 fully saturated rings. The molecule has 0 aliphatic carbocycles. The van der Waals surface area contributed by atoms with Crippen molar-refractivity contribution >= 4 is 0 Å². The first-order chi connectivity index (χ1) is 5.75. The van der Waals surface area contributed by atoms with Crippen LogP contribution < -0.4 is 0 Å². The van der Waals surface area contributed by atoms with Gasteiger partial charge in [-0.2, -0.15) is 5.10 Å². The molecule has 0 aliphatic heterocycles. The molecule has 0 saturated heterocycles. The summed E-state index contributed by atoms with van der Waals surface area (Å²) in [5.74, 6) is 0.679. The summed E-state index contributed by atoms with van der Waals surface area (Å²) in [4.78, 5) is 4.08. The smallest absolute Gasteiger partial charge is 0.199 e. The third-order valence-electron chi connectivity index (χ3n) is 1.55. The van der Waals surface area contributed by atoms with E-state index in [4.69, 9.17) is 0 Å². The van der Waals surface area contributed by atoms with Crippen LogP contribution >= 0.6 is 0 Å². The maximum absolute atomic E-state index is 4.13. The second-order valence-electron chi connectivity index (χ2n) is 2.66. The lowest BCUT2D eigenvalue weighted by atomic mass is 10.4. The fraction of sp³-hybridized carbons (Fsp3) is 0.286. The van der Waals surface area contributed by atoms with E-state index in [1.54, 1.807) is 11.0 Å². The van der Waals surface area contributed by atoms with Crippen molar-refractivity contribution < 1.29 is 0 Å². The van der Waals surface area contributed by atoms with Gasteiger partial charge in [0.05, 0.1) is 5.69 Å². The van der Waals surface area contributed by atoms with Gasteiger partial charge in [-0.3, -0.25) is 9.78 Å². The molecule has 0 unspecified atom stereocenters. The quantitative estimate of drug-likeness (QED) is 0.666. The molecule has 2 rings (SSSR count). The van der Waals surface area contributed by atoms with E-state index in [0.717, 1.165) is 11.4 Å². The highest BCUT2D eigenvalue weighted by molar-refractivity contribution is 5.47. The van der Waals surface area contributed by atoms with Gasteiger partial charge in [-0.1, -0.05) is 0 Å². The van der Waals surface area contributed by atoms with Gasteiger partial charge in [-0.25, -0.2) is 4.98 Å². The summed E-state index contributed by atoms with van der Waals surface area (Å²) >= 11 is 0. The number of H-pyrrole nitrogens is 1. The average Bonchev–Trinajstić information content (AvgIpc) is 2.58. The molecule has 12 heavy (non-hydrogen) atoms. The maximum atomic E-state index is 4.13. The minimum Gasteiger partial charge on any atom is -0.274 e. The van der Waals surface area contributed by atoms with Gasteiger partial charge in [-0.15, -0.1) is 5.10 Å². The van der Waals surface area contributed by atoms with Crippen LogP contribution in [0.4, 0.5) is 0 Å². The summed E-state index contributed by atoms with van der Waals surface area (Å²) in [6.45, 7) is 1.92. The van der Waals surface area contributed by atoms with Crippen molar-refractivity contribution in [1.29, 1.82) is 0 Å². The zero-order chi connectivity index (χ0) is 8.55. The highest BCUT2D eigenvalue weighted by Crippen LogP contribution is 2.10. The Bertz CT molecular complexity index is 348. The van der Waals surface area contributed by atoms with E-state index in [9.17, 15) is 0 Å². The molecule has 5 heteroatoms. The number of rotatable bonds is 1. The van der Waals surface area contributed by atoms with Gasteiger partial charge in [0.1, 0.15) is 12.0 Å². The maximum Gasteiger partial charge on any atom is 0.199 e. The zero-order valence-electron chi connectivity index (χ0n) is 6.94. The molecule has 0 aromatic carbocycles. The molecular formula is C7H9N5. The zero-order valence-corrected chi connectivity index (χ0v) is 6.94. The molecule has 2 aromatic rings. The van der Waals surface area contributed by atoms with Crippen molar-refractivity contribution in [2.75, 3.05) is 0 Å². The van der Waals surface area contributed by atoms with Crippen molar-refractivity contribution in [2.45, 2.75) is 6.92 Å². The van der Waals surface area contributed by atoms with Crippen LogP contribution in [0, 0.1) is 6.92 Å². The van der Waals surface area contributed by atoms with Crippen molar-refractivity contribution in [1.82, 2.24) is 25.0 Å². The Labute approximate surface area is 69.4 Å². The highest BCUT2D eigenvalue weighted by atomic mass is 15.3. The number of hydrogen-bond acceptors (Lipinski definition) is 3. The Kier molecular flexibility index (Phi) is 1.43. The largest absolute Gasteiger partial charge is 0.274 e. The Morgan fingerprint density at radius 3 is 2.83 bits per heavy atom. The Morgan fingerprint density at radius 1 is 1.50 bits per heavy atom. The Hall–Kier alpha value is -1.65. The van der Waals surface area contributed by atoms with Gasteiger partial charge in [0.25, 0.3) is 0 Å². The topological polar surface area (TPSA) is 59.4 Å². The summed E-state index contributed by atoms with van der Waals surface area (Å²) in [6.07, 6.45) is 1.66. The standard InChI is InChI=1S/C7H9N5/c1-5-3-6(10-9-5)7-8-4-12(2)11-7/h3-4H,1-2H3,(H,9,10). The second-order valence-corrected chi connectivity index (χ2v) is 2.66. The number of hydrogen-bond donors (Lipinski definition) is 1. The number of aryl methyl sites for hydroxylation is 2. The molecular weight excluding hydrogens is 154 g/mol. The van der Waals surface area contributed by atoms with Crippen molar-refractivity contribution in [3.63, 3.8) is 0 Å². The van der Waals surface area contributed by atoms with Gasteiger partial charge < -0.3 is 0 Å². The van der Waals surface area contributed by atoms with Gasteiger partial charge in [-0.05, 0) is 13.0 Å². The normalized spacial score (nSPS) is 10.5. The molecule has 2 aromatic heterocycles. The summed E-state index contributed by atoms with van der Waals surface area (Å²) in [6, 6.07) is 1.91. The molecule has 1 N–H and O–H groups in total. The minimum absolute atomic E-state index is 0.679. The lowest BCUT2D eigenvalue weighted by Crippen LogP contribution is -1.87. The molecule has 0 amide bonds. The van der Waals surface area contributed by atoms with Crippen molar-refractivity contribution in [3.8, 4) is 11.5 Å². The average molecular weight is 163 g/mol. The molecule has 2 heterocycles.